The lowest BCUT2D eigenvalue weighted by atomic mass is 10.0. The highest BCUT2D eigenvalue weighted by molar-refractivity contribution is 7.79. The summed E-state index contributed by atoms with van der Waals surface area (Å²) < 4.78 is 0. The van der Waals surface area contributed by atoms with E-state index >= 15 is 0 Å². The molecule has 0 spiro atoms. The average Bonchev–Trinajstić information content (AvgIpc) is 2.19. The van der Waals surface area contributed by atoms with Gasteiger partial charge in [0.1, 0.15) is 0 Å². The van der Waals surface area contributed by atoms with Crippen LogP contribution < -0.4 is 0 Å². The molecule has 0 nitrogen and oxygen atoms in total. The molecule has 0 N–H and O–H groups in total. The Bertz CT molecular complexity index is 427. The molecular weight excluding hydrogens is 176 g/mol. The minimum absolute atomic E-state index is 0.872. The molecule has 0 heterocycles. The zero-order valence-corrected chi connectivity index (χ0v) is 8.05. The van der Waals surface area contributed by atoms with Gasteiger partial charge in [-0.05, 0) is 21.7 Å². The fourth-order valence-corrected chi connectivity index (χ4v) is 1.74. The van der Waals surface area contributed by atoms with Gasteiger partial charge >= 0.3 is 0 Å². The van der Waals surface area contributed by atoms with E-state index in [9.17, 15) is 0 Å². The highest BCUT2D eigenvalue weighted by Gasteiger charge is 1.96. The Kier molecular flexibility index (Phi) is 2.37. The van der Waals surface area contributed by atoms with E-state index in [0.717, 1.165) is 6.42 Å². The van der Waals surface area contributed by atoms with Gasteiger partial charge in [-0.3, -0.25) is 0 Å². The molecule has 0 aliphatic rings. The molecule has 0 aliphatic carbocycles. The number of benzene rings is 2. The summed E-state index contributed by atoms with van der Waals surface area (Å²) in [6, 6.07) is 14.7. The molecule has 0 radical (unpaired) electrons. The zero-order chi connectivity index (χ0) is 9.10. The molecule has 13 heavy (non-hydrogen) atoms. The van der Waals surface area contributed by atoms with Crippen molar-refractivity contribution in [2.24, 2.45) is 0 Å². The predicted molar refractivity (Wildman–Crippen MR) is 61.3 cm³/mol. The van der Waals surface area contributed by atoms with Crippen LogP contribution in [0.1, 0.15) is 5.56 Å². The van der Waals surface area contributed by atoms with Crippen LogP contribution in [-0.4, -0.2) is 5.37 Å². The molecule has 2 aromatic carbocycles. The lowest BCUT2D eigenvalue weighted by Crippen LogP contribution is -1.85. The smallest absolute Gasteiger partial charge is 0.00139 e. The van der Waals surface area contributed by atoms with E-state index in [1.807, 2.05) is 0 Å². The average molecular weight is 186 g/mol. The molecule has 0 fully saturated rings. The third-order valence-electron chi connectivity index (χ3n) is 2.18. The van der Waals surface area contributed by atoms with Gasteiger partial charge in [-0.1, -0.05) is 54.7 Å². The van der Waals surface area contributed by atoms with E-state index in [2.05, 4.69) is 42.5 Å². The van der Waals surface area contributed by atoms with Crippen LogP contribution in [-0.2, 0) is 6.42 Å². The van der Waals surface area contributed by atoms with Crippen molar-refractivity contribution in [3.8, 4) is 0 Å². The van der Waals surface area contributed by atoms with Crippen LogP contribution >= 0.6 is 12.2 Å². The fraction of sp³-hybridized carbons (Fsp3) is 0.0833. The summed E-state index contributed by atoms with van der Waals surface area (Å²) in [4.78, 5) is 0. The second-order valence-electron chi connectivity index (χ2n) is 3.01. The van der Waals surface area contributed by atoms with E-state index in [-0.39, 0.29) is 0 Å². The molecule has 0 atom stereocenters. The molecule has 0 saturated carbocycles. The Morgan fingerprint density at radius 2 is 1.77 bits per heavy atom. The van der Waals surface area contributed by atoms with Gasteiger partial charge in [0.05, 0.1) is 0 Å². The topological polar surface area (TPSA) is 0 Å². The maximum absolute atomic E-state index is 4.87. The van der Waals surface area contributed by atoms with Crippen LogP contribution in [0.3, 0.4) is 0 Å². The molecule has 0 aromatic heterocycles. The minimum atomic E-state index is 0.872. The van der Waals surface area contributed by atoms with Crippen molar-refractivity contribution in [3.63, 3.8) is 0 Å². The van der Waals surface area contributed by atoms with Crippen molar-refractivity contribution >= 4 is 28.4 Å². The molecule has 0 aliphatic heterocycles. The molecule has 0 saturated heterocycles. The Morgan fingerprint density at radius 1 is 1.00 bits per heavy atom. The first-order valence-corrected chi connectivity index (χ1v) is 4.79. The van der Waals surface area contributed by atoms with Crippen molar-refractivity contribution in [2.45, 2.75) is 6.42 Å². The number of fused-ring (bicyclic) bond motifs is 1. The van der Waals surface area contributed by atoms with E-state index in [4.69, 9.17) is 12.2 Å². The first-order chi connectivity index (χ1) is 6.42. The Balaban J connectivity index is 2.68. The van der Waals surface area contributed by atoms with Gasteiger partial charge in [0, 0.05) is 6.42 Å². The van der Waals surface area contributed by atoms with Gasteiger partial charge in [-0.15, -0.1) is 0 Å². The Labute approximate surface area is 83.2 Å². The normalized spacial score (nSPS) is 10.2. The summed E-state index contributed by atoms with van der Waals surface area (Å²) in [6.07, 6.45) is 0.872. The lowest BCUT2D eigenvalue weighted by molar-refractivity contribution is 1.43. The van der Waals surface area contributed by atoms with Crippen LogP contribution in [0, 0.1) is 0 Å². The van der Waals surface area contributed by atoms with Gasteiger partial charge in [0.25, 0.3) is 0 Å². The van der Waals surface area contributed by atoms with Crippen LogP contribution in [0.2, 0.25) is 0 Å². The van der Waals surface area contributed by atoms with Crippen molar-refractivity contribution in [3.05, 3.63) is 48.0 Å². The van der Waals surface area contributed by atoms with E-state index in [1.165, 1.54) is 16.3 Å². The maximum Gasteiger partial charge on any atom is 0.00139 e. The summed E-state index contributed by atoms with van der Waals surface area (Å²) in [6.45, 7) is 0. The summed E-state index contributed by atoms with van der Waals surface area (Å²) in [5.74, 6) is 0. The maximum atomic E-state index is 4.87. The molecule has 0 unspecified atom stereocenters. The fourth-order valence-electron chi connectivity index (χ4n) is 1.56. The SMILES string of the molecule is S=CCc1cccc2ccccc12. The van der Waals surface area contributed by atoms with Gasteiger partial charge in [-0.25, -0.2) is 0 Å². The molecule has 2 aromatic rings. The summed E-state index contributed by atoms with van der Waals surface area (Å²) >= 11 is 4.87. The van der Waals surface area contributed by atoms with Gasteiger partial charge in [-0.2, -0.15) is 0 Å². The van der Waals surface area contributed by atoms with Gasteiger partial charge in [0.2, 0.25) is 0 Å². The first-order valence-electron chi connectivity index (χ1n) is 4.32. The number of rotatable bonds is 2. The zero-order valence-electron chi connectivity index (χ0n) is 7.23. The summed E-state index contributed by atoms with van der Waals surface area (Å²) in [5, 5.41) is 4.38. The highest BCUT2D eigenvalue weighted by Crippen LogP contribution is 2.18. The minimum Gasteiger partial charge on any atom is -0.0931 e. The quantitative estimate of drug-likeness (QED) is 0.648. The van der Waals surface area contributed by atoms with Crippen LogP contribution in [0.4, 0.5) is 0 Å². The summed E-state index contributed by atoms with van der Waals surface area (Å²) in [7, 11) is 0. The monoisotopic (exact) mass is 186 g/mol. The molecule has 2 rings (SSSR count). The number of thiocarbonyl (C=S) groups is 1. The Morgan fingerprint density at radius 3 is 2.62 bits per heavy atom. The van der Waals surface area contributed by atoms with Crippen LogP contribution in [0.25, 0.3) is 10.8 Å². The molecule has 1 heteroatoms. The predicted octanol–water partition coefficient (Wildman–Crippen LogP) is 3.38. The largest absolute Gasteiger partial charge is 0.0931 e. The molecular formula is C12H10S. The second-order valence-corrected chi connectivity index (χ2v) is 3.34. The van der Waals surface area contributed by atoms with Crippen LogP contribution in [0.5, 0.6) is 0 Å². The molecule has 64 valence electrons. The van der Waals surface area contributed by atoms with Gasteiger partial charge in [0.15, 0.2) is 0 Å². The van der Waals surface area contributed by atoms with Crippen molar-refractivity contribution < 1.29 is 0 Å². The van der Waals surface area contributed by atoms with E-state index < -0.39 is 0 Å². The number of hydrogen-bond acceptors (Lipinski definition) is 1. The standard InChI is InChI=1S/C12H10S/c13-9-8-11-6-3-5-10-4-1-2-7-12(10)11/h1-7,9H,8H2. The van der Waals surface area contributed by atoms with E-state index in [0.29, 0.717) is 0 Å². The van der Waals surface area contributed by atoms with Crippen LogP contribution in [0.15, 0.2) is 42.5 Å². The third kappa shape index (κ3) is 1.61. The third-order valence-corrected chi connectivity index (χ3v) is 2.35. The number of hydrogen-bond donors (Lipinski definition) is 0. The van der Waals surface area contributed by atoms with Crippen molar-refractivity contribution in [1.29, 1.82) is 0 Å². The first kappa shape index (κ1) is 8.39. The molecule has 0 amide bonds. The van der Waals surface area contributed by atoms with Crippen molar-refractivity contribution in [2.75, 3.05) is 0 Å². The van der Waals surface area contributed by atoms with Crippen molar-refractivity contribution in [1.82, 2.24) is 0 Å². The Hall–Kier alpha value is -1.21. The lowest BCUT2D eigenvalue weighted by Gasteiger charge is -2.02. The highest BCUT2D eigenvalue weighted by atomic mass is 32.1. The second kappa shape index (κ2) is 3.67. The summed E-state index contributed by atoms with van der Waals surface area (Å²) in [5.41, 5.74) is 1.31. The van der Waals surface area contributed by atoms with E-state index in [1.54, 1.807) is 5.37 Å². The van der Waals surface area contributed by atoms with Gasteiger partial charge < -0.3 is 0 Å². The molecule has 0 bridgehead atoms.